The van der Waals surface area contributed by atoms with E-state index in [4.69, 9.17) is 0 Å². The van der Waals surface area contributed by atoms with Crippen molar-refractivity contribution in [3.63, 3.8) is 0 Å². The van der Waals surface area contributed by atoms with Crippen molar-refractivity contribution in [2.24, 2.45) is 5.92 Å². The van der Waals surface area contributed by atoms with Crippen LogP contribution in [0, 0.1) is 5.92 Å². The van der Waals surface area contributed by atoms with Crippen molar-refractivity contribution in [1.29, 1.82) is 0 Å². The third-order valence-electron chi connectivity index (χ3n) is 3.30. The van der Waals surface area contributed by atoms with Crippen LogP contribution in [0.3, 0.4) is 0 Å². The van der Waals surface area contributed by atoms with Crippen molar-refractivity contribution >= 4 is 15.9 Å². The van der Waals surface area contributed by atoms with Crippen LogP contribution < -0.4 is 0 Å². The largest absolute Gasteiger partial charge is 0.299 e. The summed E-state index contributed by atoms with van der Waals surface area (Å²) < 4.78 is 2.00. The summed E-state index contributed by atoms with van der Waals surface area (Å²) in [5.74, 6) is 0.889. The fourth-order valence-corrected chi connectivity index (χ4v) is 3.01. The Morgan fingerprint density at radius 2 is 2.44 bits per heavy atom. The number of likely N-dealkylation sites (tertiary alicyclic amines) is 1. The van der Waals surface area contributed by atoms with E-state index in [1.54, 1.807) is 0 Å². The second-order valence-corrected chi connectivity index (χ2v) is 5.36. The molecule has 0 N–H and O–H groups in total. The van der Waals surface area contributed by atoms with Crippen LogP contribution in [0.4, 0.5) is 0 Å². The van der Waals surface area contributed by atoms with Crippen LogP contribution in [0.25, 0.3) is 0 Å². The summed E-state index contributed by atoms with van der Waals surface area (Å²) in [7, 11) is 0. The minimum atomic E-state index is 0.889. The molecule has 4 heteroatoms. The Hall–Kier alpha value is -0.350. The summed E-state index contributed by atoms with van der Waals surface area (Å²) in [6.45, 7) is 6.65. The first-order valence-electron chi connectivity index (χ1n) is 6.11. The van der Waals surface area contributed by atoms with E-state index < -0.39 is 0 Å². The van der Waals surface area contributed by atoms with Crippen molar-refractivity contribution in [1.82, 2.24) is 14.7 Å². The molecule has 0 spiro atoms. The second kappa shape index (κ2) is 5.82. The molecule has 3 nitrogen and oxygen atoms in total. The predicted octanol–water partition coefficient (Wildman–Crippen LogP) is 2.51. The number of aromatic nitrogens is 2. The first-order valence-corrected chi connectivity index (χ1v) is 7.23. The van der Waals surface area contributed by atoms with Gasteiger partial charge in [0.05, 0.1) is 6.20 Å². The van der Waals surface area contributed by atoms with Gasteiger partial charge < -0.3 is 0 Å². The topological polar surface area (TPSA) is 21.1 Å². The van der Waals surface area contributed by atoms with Crippen LogP contribution in [0.5, 0.6) is 0 Å². The van der Waals surface area contributed by atoms with E-state index in [1.165, 1.54) is 31.5 Å². The van der Waals surface area contributed by atoms with E-state index in [1.807, 2.05) is 10.9 Å². The zero-order valence-corrected chi connectivity index (χ0v) is 11.5. The normalized spacial score (nSPS) is 21.8. The molecule has 0 saturated carbocycles. The molecule has 0 radical (unpaired) electrons. The summed E-state index contributed by atoms with van der Waals surface area (Å²) in [4.78, 5) is 2.55. The molecule has 0 aliphatic carbocycles. The van der Waals surface area contributed by atoms with Gasteiger partial charge in [0.2, 0.25) is 0 Å². The molecule has 1 atom stereocenters. The Kier molecular flexibility index (Phi) is 4.41. The summed E-state index contributed by atoms with van der Waals surface area (Å²) >= 11 is 3.53. The Balaban J connectivity index is 1.82. The van der Waals surface area contributed by atoms with Gasteiger partial charge in [0.25, 0.3) is 0 Å². The molecule has 16 heavy (non-hydrogen) atoms. The molecule has 0 amide bonds. The smallest absolute Gasteiger partial charge is 0.0534 e. The van der Waals surface area contributed by atoms with Crippen molar-refractivity contribution in [2.45, 2.75) is 32.9 Å². The fourth-order valence-electron chi connectivity index (χ4n) is 2.37. The molecule has 0 aromatic carbocycles. The average Bonchev–Trinajstić information content (AvgIpc) is 2.89. The molecule has 2 heterocycles. The number of aryl methyl sites for hydroxylation is 1. The summed E-state index contributed by atoms with van der Waals surface area (Å²) in [6, 6.07) is 0. The van der Waals surface area contributed by atoms with Crippen LogP contribution in [0.2, 0.25) is 0 Å². The molecule has 1 aromatic heterocycles. The monoisotopic (exact) mass is 285 g/mol. The van der Waals surface area contributed by atoms with Crippen molar-refractivity contribution in [2.75, 3.05) is 18.4 Å². The molecule has 1 fully saturated rings. The Bertz CT molecular complexity index is 324. The maximum absolute atomic E-state index is 4.31. The van der Waals surface area contributed by atoms with Gasteiger partial charge in [0, 0.05) is 36.7 Å². The number of alkyl halides is 1. The molecule has 1 unspecified atom stereocenters. The molecule has 0 bridgehead atoms. The lowest BCUT2D eigenvalue weighted by Gasteiger charge is -2.14. The van der Waals surface area contributed by atoms with Gasteiger partial charge >= 0.3 is 0 Å². The van der Waals surface area contributed by atoms with E-state index in [9.17, 15) is 0 Å². The molecular formula is C12H20BrN3. The Labute approximate surface area is 106 Å². The van der Waals surface area contributed by atoms with Crippen LogP contribution >= 0.6 is 15.9 Å². The minimum Gasteiger partial charge on any atom is -0.299 e. The zero-order valence-electron chi connectivity index (χ0n) is 9.90. The van der Waals surface area contributed by atoms with E-state index in [2.05, 4.69) is 39.0 Å². The lowest BCUT2D eigenvalue weighted by atomic mass is 10.1. The molecule has 2 rings (SSSR count). The minimum absolute atomic E-state index is 0.889. The Morgan fingerprint density at radius 1 is 1.56 bits per heavy atom. The highest BCUT2D eigenvalue weighted by molar-refractivity contribution is 9.09. The standard InChI is InChI=1S/C12H20BrN3/c1-2-16-10-12(7-14-16)9-15-6-4-11(8-15)3-5-13/h7,10-11H,2-6,8-9H2,1H3. The third kappa shape index (κ3) is 3.08. The molecule has 1 aliphatic rings. The highest BCUT2D eigenvalue weighted by Gasteiger charge is 2.21. The van der Waals surface area contributed by atoms with Crippen LogP contribution in [-0.2, 0) is 13.1 Å². The van der Waals surface area contributed by atoms with Crippen LogP contribution in [0.15, 0.2) is 12.4 Å². The van der Waals surface area contributed by atoms with Gasteiger partial charge in [0.1, 0.15) is 0 Å². The average molecular weight is 286 g/mol. The molecule has 1 aliphatic heterocycles. The number of rotatable bonds is 5. The maximum atomic E-state index is 4.31. The van der Waals surface area contributed by atoms with Gasteiger partial charge in [-0.2, -0.15) is 5.10 Å². The van der Waals surface area contributed by atoms with Crippen molar-refractivity contribution < 1.29 is 0 Å². The fraction of sp³-hybridized carbons (Fsp3) is 0.750. The summed E-state index contributed by atoms with van der Waals surface area (Å²) in [5.41, 5.74) is 1.35. The number of halogens is 1. The first-order chi connectivity index (χ1) is 7.81. The van der Waals surface area contributed by atoms with E-state index in [0.29, 0.717) is 0 Å². The van der Waals surface area contributed by atoms with Gasteiger partial charge in [0.15, 0.2) is 0 Å². The number of hydrogen-bond donors (Lipinski definition) is 0. The van der Waals surface area contributed by atoms with Crippen molar-refractivity contribution in [3.05, 3.63) is 18.0 Å². The maximum Gasteiger partial charge on any atom is 0.0534 e. The predicted molar refractivity (Wildman–Crippen MR) is 69.7 cm³/mol. The van der Waals surface area contributed by atoms with E-state index >= 15 is 0 Å². The molecular weight excluding hydrogens is 266 g/mol. The molecule has 1 aromatic rings. The van der Waals surface area contributed by atoms with Gasteiger partial charge in [-0.3, -0.25) is 9.58 Å². The van der Waals surface area contributed by atoms with Gasteiger partial charge in [-0.1, -0.05) is 15.9 Å². The van der Waals surface area contributed by atoms with Crippen LogP contribution in [0.1, 0.15) is 25.3 Å². The molecule has 1 saturated heterocycles. The number of nitrogens with zero attached hydrogens (tertiary/aromatic N) is 3. The number of hydrogen-bond acceptors (Lipinski definition) is 2. The lowest BCUT2D eigenvalue weighted by molar-refractivity contribution is 0.315. The van der Waals surface area contributed by atoms with Crippen LogP contribution in [-0.4, -0.2) is 33.1 Å². The first kappa shape index (κ1) is 12.1. The summed E-state index contributed by atoms with van der Waals surface area (Å²) in [6.07, 6.45) is 6.83. The third-order valence-corrected chi connectivity index (χ3v) is 3.76. The van der Waals surface area contributed by atoms with E-state index in [0.717, 1.165) is 24.3 Å². The second-order valence-electron chi connectivity index (χ2n) is 4.57. The lowest BCUT2D eigenvalue weighted by Crippen LogP contribution is -2.19. The van der Waals surface area contributed by atoms with E-state index in [-0.39, 0.29) is 0 Å². The summed E-state index contributed by atoms with van der Waals surface area (Å²) in [5, 5.41) is 5.45. The van der Waals surface area contributed by atoms with Gasteiger partial charge in [-0.05, 0) is 32.2 Å². The quantitative estimate of drug-likeness (QED) is 0.776. The highest BCUT2D eigenvalue weighted by Crippen LogP contribution is 2.21. The SMILES string of the molecule is CCn1cc(CN2CCC(CCBr)C2)cn1. The highest BCUT2D eigenvalue weighted by atomic mass is 79.9. The Morgan fingerprint density at radius 3 is 3.12 bits per heavy atom. The van der Waals surface area contributed by atoms with Gasteiger partial charge in [-0.25, -0.2) is 0 Å². The van der Waals surface area contributed by atoms with Crippen molar-refractivity contribution in [3.8, 4) is 0 Å². The zero-order chi connectivity index (χ0) is 11.4. The molecule has 90 valence electrons. The van der Waals surface area contributed by atoms with Gasteiger partial charge in [-0.15, -0.1) is 0 Å².